The van der Waals surface area contributed by atoms with E-state index in [9.17, 15) is 9.59 Å². The molecule has 1 aromatic carbocycles. The average molecular weight is 403 g/mol. The number of carbonyl (C=O) groups is 2. The van der Waals surface area contributed by atoms with Gasteiger partial charge in [-0.3, -0.25) is 9.59 Å². The van der Waals surface area contributed by atoms with Gasteiger partial charge in [0, 0.05) is 11.6 Å². The smallest absolute Gasteiger partial charge is 0.230 e. The monoisotopic (exact) mass is 402 g/mol. The van der Waals surface area contributed by atoms with Gasteiger partial charge in [0.1, 0.15) is 0 Å². The highest BCUT2D eigenvalue weighted by Crippen LogP contribution is 2.28. The maximum absolute atomic E-state index is 11.8. The van der Waals surface area contributed by atoms with Gasteiger partial charge in [-0.1, -0.05) is 58.6 Å². The molecule has 2 aromatic rings. The van der Waals surface area contributed by atoms with Crippen LogP contribution in [0.4, 0.5) is 0 Å². The maximum Gasteiger partial charge on any atom is 0.230 e. The summed E-state index contributed by atoms with van der Waals surface area (Å²) < 4.78 is 1.35. The Morgan fingerprint density at radius 1 is 1.21 bits per heavy atom. The van der Waals surface area contributed by atoms with E-state index in [0.717, 1.165) is 12.0 Å². The van der Waals surface area contributed by atoms with Crippen molar-refractivity contribution in [2.24, 2.45) is 5.73 Å². The highest BCUT2D eigenvalue weighted by Gasteiger charge is 2.09. The van der Waals surface area contributed by atoms with E-state index in [1.807, 2.05) is 24.3 Å². The van der Waals surface area contributed by atoms with Crippen LogP contribution in [0.1, 0.15) is 5.56 Å². The first-order valence-corrected chi connectivity index (χ1v) is 10.1. The van der Waals surface area contributed by atoms with Gasteiger partial charge in [-0.15, -0.1) is 10.2 Å². The molecule has 0 unspecified atom stereocenters. The molecule has 3 N–H and O–H groups in total. The van der Waals surface area contributed by atoms with Crippen molar-refractivity contribution in [2.75, 3.05) is 18.1 Å². The summed E-state index contributed by atoms with van der Waals surface area (Å²) in [6, 6.07) is 7.56. The molecular formula is C14H15ClN4O2S3. The van der Waals surface area contributed by atoms with Crippen LogP contribution in [0.15, 0.2) is 32.9 Å². The summed E-state index contributed by atoms with van der Waals surface area (Å²) in [5.41, 5.74) is 6.15. The number of primary amides is 1. The van der Waals surface area contributed by atoms with Gasteiger partial charge >= 0.3 is 0 Å². The SMILES string of the molecule is NC(=O)CSc1nnc(SCC(=O)NCCc2cccc(Cl)c2)s1. The molecule has 0 bridgehead atoms. The standard InChI is InChI=1S/C14H15ClN4O2S3/c15-10-3-1-2-9(6-10)4-5-17-12(21)8-23-14-19-18-13(24-14)22-7-11(16)20/h1-3,6H,4-5,7-8H2,(H2,16,20)(H,17,21). The molecule has 2 amide bonds. The molecule has 0 saturated carbocycles. The summed E-state index contributed by atoms with van der Waals surface area (Å²) in [6.07, 6.45) is 0.726. The molecule has 2 rings (SSSR count). The lowest BCUT2D eigenvalue weighted by atomic mass is 10.1. The molecule has 10 heteroatoms. The van der Waals surface area contributed by atoms with E-state index in [1.54, 1.807) is 0 Å². The summed E-state index contributed by atoms with van der Waals surface area (Å²) in [5.74, 6) is -0.0272. The minimum absolute atomic E-state index is 0.0661. The van der Waals surface area contributed by atoms with Gasteiger partial charge in [-0.2, -0.15) is 0 Å². The van der Waals surface area contributed by atoms with Crippen LogP contribution in [0.2, 0.25) is 5.02 Å². The number of nitrogens with one attached hydrogen (secondary N) is 1. The minimum Gasteiger partial charge on any atom is -0.369 e. The average Bonchev–Trinajstić information content (AvgIpc) is 2.99. The van der Waals surface area contributed by atoms with Crippen LogP contribution in [0, 0.1) is 0 Å². The van der Waals surface area contributed by atoms with Crippen molar-refractivity contribution in [1.29, 1.82) is 0 Å². The molecule has 0 aliphatic rings. The Labute approximate surface area is 156 Å². The number of amides is 2. The molecule has 0 radical (unpaired) electrons. The van der Waals surface area contributed by atoms with Crippen molar-refractivity contribution in [3.8, 4) is 0 Å². The Morgan fingerprint density at radius 2 is 1.92 bits per heavy atom. The Bertz CT molecular complexity index is 711. The summed E-state index contributed by atoms with van der Waals surface area (Å²) >= 11 is 9.81. The van der Waals surface area contributed by atoms with Gasteiger partial charge in [0.05, 0.1) is 11.5 Å². The van der Waals surface area contributed by atoms with Gasteiger partial charge in [0.2, 0.25) is 11.8 Å². The number of benzene rings is 1. The molecule has 0 saturated heterocycles. The van der Waals surface area contributed by atoms with Crippen LogP contribution in [-0.2, 0) is 16.0 Å². The zero-order valence-electron chi connectivity index (χ0n) is 12.5. The third-order valence-corrected chi connectivity index (χ3v) is 6.12. The van der Waals surface area contributed by atoms with Gasteiger partial charge in [0.15, 0.2) is 8.68 Å². The maximum atomic E-state index is 11.8. The van der Waals surface area contributed by atoms with Crippen molar-refractivity contribution in [2.45, 2.75) is 15.1 Å². The molecule has 0 aliphatic carbocycles. The first kappa shape index (κ1) is 19.0. The van der Waals surface area contributed by atoms with Crippen LogP contribution in [0.5, 0.6) is 0 Å². The third kappa shape index (κ3) is 7.08. The fraction of sp³-hybridized carbons (Fsp3) is 0.286. The number of thioether (sulfide) groups is 2. The lowest BCUT2D eigenvalue weighted by molar-refractivity contribution is -0.118. The second kappa shape index (κ2) is 9.87. The zero-order valence-corrected chi connectivity index (χ0v) is 15.7. The van der Waals surface area contributed by atoms with Crippen LogP contribution < -0.4 is 11.1 Å². The number of hydrogen-bond donors (Lipinski definition) is 2. The quantitative estimate of drug-likeness (QED) is 0.624. The van der Waals surface area contributed by atoms with Crippen molar-refractivity contribution in [1.82, 2.24) is 15.5 Å². The van der Waals surface area contributed by atoms with E-state index in [-0.39, 0.29) is 17.4 Å². The van der Waals surface area contributed by atoms with Gasteiger partial charge < -0.3 is 11.1 Å². The number of rotatable bonds is 9. The molecule has 0 spiro atoms. The second-order valence-electron chi connectivity index (χ2n) is 4.61. The van der Waals surface area contributed by atoms with E-state index in [1.165, 1.54) is 34.9 Å². The largest absolute Gasteiger partial charge is 0.369 e. The number of nitrogens with zero attached hydrogens (tertiary/aromatic N) is 2. The summed E-state index contributed by atoms with van der Waals surface area (Å²) in [4.78, 5) is 22.5. The zero-order chi connectivity index (χ0) is 17.4. The molecule has 1 heterocycles. The van der Waals surface area contributed by atoms with E-state index >= 15 is 0 Å². The lowest BCUT2D eigenvalue weighted by Gasteiger charge is -2.04. The fourth-order valence-electron chi connectivity index (χ4n) is 1.66. The van der Waals surface area contributed by atoms with Crippen LogP contribution in [-0.4, -0.2) is 40.1 Å². The van der Waals surface area contributed by atoms with Crippen LogP contribution >= 0.6 is 46.5 Å². The third-order valence-electron chi connectivity index (χ3n) is 2.68. The predicted octanol–water partition coefficient (Wildman–Crippen LogP) is 2.22. The van der Waals surface area contributed by atoms with Crippen molar-refractivity contribution >= 4 is 58.3 Å². The Balaban J connectivity index is 1.66. The first-order valence-electron chi connectivity index (χ1n) is 6.91. The molecule has 0 atom stereocenters. The Kier molecular flexibility index (Phi) is 7.83. The first-order chi connectivity index (χ1) is 11.5. The summed E-state index contributed by atoms with van der Waals surface area (Å²) in [6.45, 7) is 0.551. The number of carbonyl (C=O) groups excluding carboxylic acids is 2. The Hall–Kier alpha value is -1.29. The van der Waals surface area contributed by atoms with E-state index in [4.69, 9.17) is 17.3 Å². The summed E-state index contributed by atoms with van der Waals surface area (Å²) in [5, 5.41) is 11.4. The van der Waals surface area contributed by atoms with Crippen molar-refractivity contribution in [3.63, 3.8) is 0 Å². The lowest BCUT2D eigenvalue weighted by Crippen LogP contribution is -2.27. The van der Waals surface area contributed by atoms with Crippen molar-refractivity contribution < 1.29 is 9.59 Å². The normalized spacial score (nSPS) is 10.5. The predicted molar refractivity (Wildman–Crippen MR) is 98.7 cm³/mol. The highest BCUT2D eigenvalue weighted by molar-refractivity contribution is 8.03. The summed E-state index contributed by atoms with van der Waals surface area (Å²) in [7, 11) is 0. The molecule has 128 valence electrons. The number of aromatic nitrogens is 2. The minimum atomic E-state index is -0.400. The highest BCUT2D eigenvalue weighted by atomic mass is 35.5. The van der Waals surface area contributed by atoms with Gasteiger partial charge in [-0.25, -0.2) is 0 Å². The van der Waals surface area contributed by atoms with Crippen LogP contribution in [0.3, 0.4) is 0 Å². The molecular weight excluding hydrogens is 388 g/mol. The molecule has 1 aromatic heterocycles. The van der Waals surface area contributed by atoms with E-state index in [2.05, 4.69) is 15.5 Å². The number of hydrogen-bond acceptors (Lipinski definition) is 7. The van der Waals surface area contributed by atoms with Crippen molar-refractivity contribution in [3.05, 3.63) is 34.9 Å². The molecule has 6 nitrogen and oxygen atoms in total. The van der Waals surface area contributed by atoms with E-state index in [0.29, 0.717) is 20.2 Å². The number of nitrogens with two attached hydrogens (primary N) is 1. The van der Waals surface area contributed by atoms with Gasteiger partial charge in [0.25, 0.3) is 0 Å². The fourth-order valence-corrected chi connectivity index (χ4v) is 4.47. The van der Waals surface area contributed by atoms with Gasteiger partial charge in [-0.05, 0) is 24.1 Å². The molecule has 0 aliphatic heterocycles. The molecule has 24 heavy (non-hydrogen) atoms. The second-order valence-corrected chi connectivity index (χ2v) is 8.47. The van der Waals surface area contributed by atoms with E-state index < -0.39 is 5.91 Å². The van der Waals surface area contributed by atoms with Crippen LogP contribution in [0.25, 0.3) is 0 Å². The number of halogens is 1. The molecule has 0 fully saturated rings. The Morgan fingerprint density at radius 3 is 2.58 bits per heavy atom. The topological polar surface area (TPSA) is 98.0 Å².